The number of hydrogen-bond donors (Lipinski definition) is 2. The maximum atomic E-state index is 5.87. The van der Waals surface area contributed by atoms with Gasteiger partial charge in [-0.25, -0.2) is 0 Å². The first kappa shape index (κ1) is 11.4. The molecule has 0 radical (unpaired) electrons. The molecule has 0 spiro atoms. The van der Waals surface area contributed by atoms with E-state index in [1.54, 1.807) is 12.1 Å². The van der Waals surface area contributed by atoms with Crippen LogP contribution in [0, 0.1) is 0 Å². The van der Waals surface area contributed by atoms with E-state index in [0.29, 0.717) is 10.9 Å². The molecule has 1 heterocycles. The topological polar surface area (TPSA) is 77.0 Å². The average Bonchev–Trinajstić information content (AvgIpc) is 2.71. The van der Waals surface area contributed by atoms with Crippen LogP contribution >= 0.6 is 27.5 Å². The van der Waals surface area contributed by atoms with E-state index in [4.69, 9.17) is 21.8 Å². The molecule has 3 N–H and O–H groups in total. The van der Waals surface area contributed by atoms with Crippen molar-refractivity contribution in [1.82, 2.24) is 10.2 Å². The molecule has 0 aliphatic heterocycles. The Morgan fingerprint density at radius 1 is 1.44 bits per heavy atom. The van der Waals surface area contributed by atoms with Crippen molar-refractivity contribution in [3.8, 4) is 0 Å². The lowest BCUT2D eigenvalue weighted by Crippen LogP contribution is -1.95. The number of hydrogen-bond acceptors (Lipinski definition) is 5. The highest BCUT2D eigenvalue weighted by Crippen LogP contribution is 2.28. The molecule has 0 aliphatic rings. The lowest BCUT2D eigenvalue weighted by molar-refractivity contribution is 0.511. The Bertz CT molecular complexity index is 502. The zero-order chi connectivity index (χ0) is 11.5. The van der Waals surface area contributed by atoms with Gasteiger partial charge in [-0.2, -0.15) is 0 Å². The first-order chi connectivity index (χ1) is 7.69. The fourth-order valence-corrected chi connectivity index (χ4v) is 1.61. The fourth-order valence-electron chi connectivity index (χ4n) is 1.10. The third-order valence-corrected chi connectivity index (χ3v) is 2.74. The van der Waals surface area contributed by atoms with Gasteiger partial charge in [-0.1, -0.05) is 16.7 Å². The van der Waals surface area contributed by atoms with Crippen molar-refractivity contribution >= 4 is 39.2 Å². The molecule has 0 saturated carbocycles. The van der Waals surface area contributed by atoms with Gasteiger partial charge in [0, 0.05) is 9.50 Å². The van der Waals surface area contributed by atoms with Gasteiger partial charge in [-0.15, -0.1) is 5.10 Å². The lowest BCUT2D eigenvalue weighted by Gasteiger charge is -2.04. The van der Waals surface area contributed by atoms with Crippen LogP contribution in [0.5, 0.6) is 0 Å². The summed E-state index contributed by atoms with van der Waals surface area (Å²) in [7, 11) is 0. The fraction of sp³-hybridized carbons (Fsp3) is 0.111. The molecule has 0 bridgehead atoms. The Hall–Kier alpha value is -1.11. The minimum atomic E-state index is 0.214. The molecule has 1 aromatic carbocycles. The summed E-state index contributed by atoms with van der Waals surface area (Å²) in [5, 5.41) is 11.1. The third-order valence-electron chi connectivity index (χ3n) is 1.81. The number of rotatable bonds is 3. The SMILES string of the molecule is NCc1nnc(Nc2cc(Cl)ccc2Br)o1. The van der Waals surface area contributed by atoms with Gasteiger partial charge in [-0.3, -0.25) is 0 Å². The van der Waals surface area contributed by atoms with Crippen LogP contribution in [0.1, 0.15) is 5.89 Å². The smallest absolute Gasteiger partial charge is 0.320 e. The number of nitrogens with two attached hydrogens (primary N) is 1. The molecular formula is C9H8BrClN4O. The number of anilines is 2. The molecule has 0 saturated heterocycles. The molecule has 7 heteroatoms. The average molecular weight is 304 g/mol. The highest BCUT2D eigenvalue weighted by Gasteiger charge is 2.07. The van der Waals surface area contributed by atoms with E-state index in [9.17, 15) is 0 Å². The number of halogens is 2. The molecule has 84 valence electrons. The van der Waals surface area contributed by atoms with Gasteiger partial charge in [0.25, 0.3) is 0 Å². The molecule has 1 aromatic heterocycles. The highest BCUT2D eigenvalue weighted by atomic mass is 79.9. The Balaban J connectivity index is 2.22. The van der Waals surface area contributed by atoms with Crippen LogP contribution in [0.25, 0.3) is 0 Å². The third kappa shape index (κ3) is 2.52. The van der Waals surface area contributed by atoms with Gasteiger partial charge >= 0.3 is 6.01 Å². The van der Waals surface area contributed by atoms with Crippen LogP contribution in [0.15, 0.2) is 27.1 Å². The van der Waals surface area contributed by atoms with E-state index in [1.165, 1.54) is 0 Å². The van der Waals surface area contributed by atoms with Crippen LogP contribution in [0.3, 0.4) is 0 Å². The first-order valence-electron chi connectivity index (χ1n) is 4.43. The van der Waals surface area contributed by atoms with Crippen LogP contribution in [-0.4, -0.2) is 10.2 Å². The molecule has 16 heavy (non-hydrogen) atoms. The second-order valence-corrected chi connectivity index (χ2v) is 4.25. The zero-order valence-corrected chi connectivity index (χ0v) is 10.4. The van der Waals surface area contributed by atoms with Crippen molar-refractivity contribution in [3.05, 3.63) is 33.6 Å². The van der Waals surface area contributed by atoms with Gasteiger partial charge < -0.3 is 15.5 Å². The Morgan fingerprint density at radius 2 is 2.25 bits per heavy atom. The van der Waals surface area contributed by atoms with E-state index >= 15 is 0 Å². The second kappa shape index (κ2) is 4.82. The minimum absolute atomic E-state index is 0.214. The van der Waals surface area contributed by atoms with Crippen molar-refractivity contribution in [2.24, 2.45) is 5.73 Å². The van der Waals surface area contributed by atoms with Crippen molar-refractivity contribution in [3.63, 3.8) is 0 Å². The van der Waals surface area contributed by atoms with E-state index in [1.807, 2.05) is 6.07 Å². The van der Waals surface area contributed by atoms with Gasteiger partial charge in [0.1, 0.15) is 0 Å². The number of nitrogens with one attached hydrogen (secondary N) is 1. The summed E-state index contributed by atoms with van der Waals surface area (Å²) in [4.78, 5) is 0. The number of aromatic nitrogens is 2. The van der Waals surface area contributed by atoms with Crippen LogP contribution in [-0.2, 0) is 6.54 Å². The minimum Gasteiger partial charge on any atom is -0.406 e. The van der Waals surface area contributed by atoms with Gasteiger partial charge in [0.2, 0.25) is 5.89 Å². The molecule has 0 unspecified atom stereocenters. The molecule has 5 nitrogen and oxygen atoms in total. The summed E-state index contributed by atoms with van der Waals surface area (Å²) in [5.74, 6) is 0.376. The Morgan fingerprint density at radius 3 is 2.94 bits per heavy atom. The summed E-state index contributed by atoms with van der Waals surface area (Å²) < 4.78 is 6.06. The van der Waals surface area contributed by atoms with Gasteiger partial charge in [0.15, 0.2) is 0 Å². The maximum Gasteiger partial charge on any atom is 0.320 e. The maximum absolute atomic E-state index is 5.87. The molecule has 0 atom stereocenters. The Labute approximate surface area is 105 Å². The molecule has 0 aliphatic carbocycles. The molecule has 2 rings (SSSR count). The van der Waals surface area contributed by atoms with Crippen molar-refractivity contribution in [2.75, 3.05) is 5.32 Å². The van der Waals surface area contributed by atoms with Gasteiger partial charge in [-0.05, 0) is 34.1 Å². The zero-order valence-electron chi connectivity index (χ0n) is 8.08. The van der Waals surface area contributed by atoms with E-state index in [2.05, 4.69) is 31.4 Å². The number of nitrogens with zero attached hydrogens (tertiary/aromatic N) is 2. The predicted molar refractivity (Wildman–Crippen MR) is 64.6 cm³/mol. The van der Waals surface area contributed by atoms with E-state index in [-0.39, 0.29) is 12.6 Å². The second-order valence-electron chi connectivity index (χ2n) is 2.95. The first-order valence-corrected chi connectivity index (χ1v) is 5.60. The standard InChI is InChI=1S/C9H8BrClN4O/c10-6-2-1-5(11)3-7(6)13-9-15-14-8(4-12)16-9/h1-3H,4,12H2,(H,13,15). The van der Waals surface area contributed by atoms with E-state index < -0.39 is 0 Å². The summed E-state index contributed by atoms with van der Waals surface area (Å²) in [6.07, 6.45) is 0. The van der Waals surface area contributed by atoms with Crippen molar-refractivity contribution in [1.29, 1.82) is 0 Å². The van der Waals surface area contributed by atoms with Crippen molar-refractivity contribution in [2.45, 2.75) is 6.54 Å². The predicted octanol–water partition coefficient (Wildman–Crippen LogP) is 2.69. The summed E-state index contributed by atoms with van der Waals surface area (Å²) in [5.41, 5.74) is 6.11. The summed E-state index contributed by atoms with van der Waals surface area (Å²) in [6.45, 7) is 0.214. The van der Waals surface area contributed by atoms with Gasteiger partial charge in [0.05, 0.1) is 12.2 Å². The molecule has 0 fully saturated rings. The molecular weight excluding hydrogens is 295 g/mol. The normalized spacial score (nSPS) is 10.4. The monoisotopic (exact) mass is 302 g/mol. The summed E-state index contributed by atoms with van der Waals surface area (Å²) in [6, 6.07) is 5.63. The van der Waals surface area contributed by atoms with Crippen molar-refractivity contribution < 1.29 is 4.42 Å². The Kier molecular flexibility index (Phi) is 3.42. The number of benzene rings is 1. The van der Waals surface area contributed by atoms with Crippen LogP contribution < -0.4 is 11.1 Å². The summed E-state index contributed by atoms with van der Waals surface area (Å²) >= 11 is 9.24. The van der Waals surface area contributed by atoms with Crippen LogP contribution in [0.4, 0.5) is 11.7 Å². The lowest BCUT2D eigenvalue weighted by atomic mass is 10.3. The quantitative estimate of drug-likeness (QED) is 0.911. The van der Waals surface area contributed by atoms with E-state index in [0.717, 1.165) is 10.2 Å². The highest BCUT2D eigenvalue weighted by molar-refractivity contribution is 9.10. The molecule has 0 amide bonds. The van der Waals surface area contributed by atoms with Crippen LogP contribution in [0.2, 0.25) is 5.02 Å². The largest absolute Gasteiger partial charge is 0.406 e. The molecule has 2 aromatic rings.